The lowest BCUT2D eigenvalue weighted by Crippen LogP contribution is -2.07. The van der Waals surface area contributed by atoms with Gasteiger partial charge in [-0.2, -0.15) is 0 Å². The molecule has 20 heavy (non-hydrogen) atoms. The van der Waals surface area contributed by atoms with Crippen molar-refractivity contribution in [3.63, 3.8) is 0 Å². The summed E-state index contributed by atoms with van der Waals surface area (Å²) in [7, 11) is 0. The van der Waals surface area contributed by atoms with Crippen LogP contribution < -0.4 is 0 Å². The molecule has 2 aromatic rings. The maximum absolute atomic E-state index is 5.00. The van der Waals surface area contributed by atoms with Crippen LogP contribution in [0.2, 0.25) is 0 Å². The average molecular weight is 269 g/mol. The van der Waals surface area contributed by atoms with E-state index < -0.39 is 0 Å². The number of hydrogen-bond acceptors (Lipinski definition) is 3. The summed E-state index contributed by atoms with van der Waals surface area (Å²) in [4.78, 5) is 14.5. The Morgan fingerprint density at radius 1 is 0.850 bits per heavy atom. The van der Waals surface area contributed by atoms with Crippen LogP contribution in [0, 0.1) is 0 Å². The fourth-order valence-corrected chi connectivity index (χ4v) is 1.88. The van der Waals surface area contributed by atoms with E-state index in [1.54, 1.807) is 0 Å². The predicted molar refractivity (Wildman–Crippen MR) is 81.0 cm³/mol. The largest absolute Gasteiger partial charge is 0.282 e. The number of benzene rings is 2. The maximum Gasteiger partial charge on any atom is 0.102 e. The Kier molecular flexibility index (Phi) is 5.96. The summed E-state index contributed by atoms with van der Waals surface area (Å²) >= 11 is 0. The molecule has 0 unspecified atom stereocenters. The minimum absolute atomic E-state index is 0.455. The van der Waals surface area contributed by atoms with E-state index in [-0.39, 0.29) is 0 Å². The molecule has 0 aromatic heterocycles. The highest BCUT2D eigenvalue weighted by atomic mass is 17.2. The van der Waals surface area contributed by atoms with Crippen LogP contribution in [-0.4, -0.2) is 25.5 Å². The Morgan fingerprint density at radius 3 is 1.90 bits per heavy atom. The van der Waals surface area contributed by atoms with E-state index >= 15 is 0 Å². The van der Waals surface area contributed by atoms with E-state index in [0.29, 0.717) is 19.8 Å². The standard InChI is InChI=1S/C17H19NO2/c1-2-19-20-14-13-18-17(15-9-5-3-6-10-15)16-11-7-4-8-12-16/h3-12H,2,13-14H2,1H3. The normalized spacial score (nSPS) is 10.2. The second-order valence-corrected chi connectivity index (χ2v) is 4.19. The number of nitrogens with zero attached hydrogens (tertiary/aromatic N) is 1. The third kappa shape index (κ3) is 4.30. The SMILES string of the molecule is CCOOCCN=C(c1ccccc1)c1ccccc1. The van der Waals surface area contributed by atoms with Gasteiger partial charge in [0.2, 0.25) is 0 Å². The van der Waals surface area contributed by atoms with Crippen molar-refractivity contribution in [2.24, 2.45) is 4.99 Å². The first kappa shape index (κ1) is 14.4. The van der Waals surface area contributed by atoms with Crippen molar-refractivity contribution in [2.45, 2.75) is 6.92 Å². The second kappa shape index (κ2) is 8.25. The zero-order valence-electron chi connectivity index (χ0n) is 11.7. The molecule has 0 spiro atoms. The topological polar surface area (TPSA) is 30.8 Å². The summed E-state index contributed by atoms with van der Waals surface area (Å²) < 4.78 is 0. The summed E-state index contributed by atoms with van der Waals surface area (Å²) in [5.41, 5.74) is 3.19. The van der Waals surface area contributed by atoms with Gasteiger partial charge in [-0.15, -0.1) is 0 Å². The summed E-state index contributed by atoms with van der Waals surface area (Å²) in [6.45, 7) is 3.46. The highest BCUT2D eigenvalue weighted by Crippen LogP contribution is 2.10. The van der Waals surface area contributed by atoms with Crippen molar-refractivity contribution in [3.8, 4) is 0 Å². The van der Waals surface area contributed by atoms with Gasteiger partial charge in [0.15, 0.2) is 0 Å². The molecular formula is C17H19NO2. The molecule has 0 bridgehead atoms. The molecule has 3 heteroatoms. The third-order valence-corrected chi connectivity index (χ3v) is 2.74. The van der Waals surface area contributed by atoms with Crippen molar-refractivity contribution in [3.05, 3.63) is 71.8 Å². The number of rotatable bonds is 7. The Hall–Kier alpha value is -1.97. The van der Waals surface area contributed by atoms with Crippen LogP contribution in [0.3, 0.4) is 0 Å². The van der Waals surface area contributed by atoms with Gasteiger partial charge >= 0.3 is 0 Å². The molecule has 0 atom stereocenters. The van der Waals surface area contributed by atoms with Gasteiger partial charge in [-0.25, -0.2) is 9.78 Å². The van der Waals surface area contributed by atoms with Crippen molar-refractivity contribution in [1.29, 1.82) is 0 Å². The lowest BCUT2D eigenvalue weighted by molar-refractivity contribution is -0.288. The highest BCUT2D eigenvalue weighted by Gasteiger charge is 2.05. The molecule has 0 saturated heterocycles. The molecule has 0 saturated carbocycles. The van der Waals surface area contributed by atoms with Gasteiger partial charge in [0.1, 0.15) is 6.61 Å². The van der Waals surface area contributed by atoms with Crippen LogP contribution in [0.1, 0.15) is 18.1 Å². The molecule has 2 aromatic carbocycles. The molecule has 0 N–H and O–H groups in total. The van der Waals surface area contributed by atoms with Crippen LogP contribution in [0.15, 0.2) is 65.7 Å². The van der Waals surface area contributed by atoms with Gasteiger partial charge in [-0.3, -0.25) is 4.99 Å². The lowest BCUT2D eigenvalue weighted by Gasteiger charge is -2.07. The molecule has 3 nitrogen and oxygen atoms in total. The lowest BCUT2D eigenvalue weighted by atomic mass is 10.0. The zero-order chi connectivity index (χ0) is 14.0. The van der Waals surface area contributed by atoms with Gasteiger partial charge in [0.25, 0.3) is 0 Å². The second-order valence-electron chi connectivity index (χ2n) is 4.19. The highest BCUT2D eigenvalue weighted by molar-refractivity contribution is 6.12. The predicted octanol–water partition coefficient (Wildman–Crippen LogP) is 3.49. The van der Waals surface area contributed by atoms with Crippen molar-refractivity contribution in [2.75, 3.05) is 19.8 Å². The molecular weight excluding hydrogens is 250 g/mol. The first-order valence-electron chi connectivity index (χ1n) is 6.81. The summed E-state index contributed by atoms with van der Waals surface area (Å²) in [6.07, 6.45) is 0. The van der Waals surface area contributed by atoms with E-state index in [0.717, 1.165) is 16.8 Å². The van der Waals surface area contributed by atoms with Crippen LogP contribution in [-0.2, 0) is 9.78 Å². The van der Waals surface area contributed by atoms with E-state index in [4.69, 9.17) is 9.78 Å². The molecule has 104 valence electrons. The van der Waals surface area contributed by atoms with Crippen LogP contribution in [0.25, 0.3) is 0 Å². The number of hydrogen-bond donors (Lipinski definition) is 0. The van der Waals surface area contributed by atoms with Gasteiger partial charge < -0.3 is 0 Å². The molecule has 2 rings (SSSR count). The van der Waals surface area contributed by atoms with Gasteiger partial charge in [-0.05, 0) is 6.92 Å². The van der Waals surface area contributed by atoms with Crippen LogP contribution in [0.5, 0.6) is 0 Å². The third-order valence-electron chi connectivity index (χ3n) is 2.74. The monoisotopic (exact) mass is 269 g/mol. The first-order valence-corrected chi connectivity index (χ1v) is 6.81. The molecule has 0 aliphatic rings. The van der Waals surface area contributed by atoms with Gasteiger partial charge in [0.05, 0.1) is 18.9 Å². The van der Waals surface area contributed by atoms with Crippen LogP contribution >= 0.6 is 0 Å². The minimum Gasteiger partial charge on any atom is -0.282 e. The summed E-state index contributed by atoms with van der Waals surface area (Å²) in [5, 5.41) is 0. The van der Waals surface area contributed by atoms with Gasteiger partial charge in [0, 0.05) is 11.1 Å². The summed E-state index contributed by atoms with van der Waals surface area (Å²) in [5.74, 6) is 0. The quantitative estimate of drug-likeness (QED) is 0.333. The van der Waals surface area contributed by atoms with E-state index in [1.807, 2.05) is 43.3 Å². The van der Waals surface area contributed by atoms with E-state index in [1.165, 1.54) is 0 Å². The molecule has 0 aliphatic carbocycles. The Morgan fingerprint density at radius 2 is 1.40 bits per heavy atom. The minimum atomic E-state index is 0.455. The molecule has 0 aliphatic heterocycles. The average Bonchev–Trinajstić information content (AvgIpc) is 2.53. The summed E-state index contributed by atoms with van der Waals surface area (Å²) in [6, 6.07) is 20.3. The fraction of sp³-hybridized carbons (Fsp3) is 0.235. The molecule has 0 amide bonds. The Labute approximate surface area is 119 Å². The maximum atomic E-state index is 5.00. The molecule has 0 fully saturated rings. The molecule has 0 radical (unpaired) electrons. The fourth-order valence-electron chi connectivity index (χ4n) is 1.88. The van der Waals surface area contributed by atoms with Gasteiger partial charge in [-0.1, -0.05) is 60.7 Å². The van der Waals surface area contributed by atoms with Crippen molar-refractivity contribution < 1.29 is 9.78 Å². The van der Waals surface area contributed by atoms with E-state index in [2.05, 4.69) is 29.3 Å². The molecule has 0 heterocycles. The zero-order valence-corrected chi connectivity index (χ0v) is 11.7. The Balaban J connectivity index is 2.15. The van der Waals surface area contributed by atoms with Crippen molar-refractivity contribution in [1.82, 2.24) is 0 Å². The van der Waals surface area contributed by atoms with E-state index in [9.17, 15) is 0 Å². The van der Waals surface area contributed by atoms with Crippen LogP contribution in [0.4, 0.5) is 0 Å². The van der Waals surface area contributed by atoms with Crippen molar-refractivity contribution >= 4 is 5.71 Å². The smallest absolute Gasteiger partial charge is 0.102 e. The first-order chi connectivity index (χ1) is 9.92. The Bertz CT molecular complexity index is 482. The number of aliphatic imine (C=N–C) groups is 1.